The number of para-hydroxylation sites is 1. The fraction of sp³-hybridized carbons (Fsp3) is 0.250. The Bertz CT molecular complexity index is 952. The van der Waals surface area contributed by atoms with Crippen molar-refractivity contribution in [3.05, 3.63) is 95.0 Å². The lowest BCUT2D eigenvalue weighted by atomic mass is 9.62. The van der Waals surface area contributed by atoms with Crippen LogP contribution in [0.1, 0.15) is 18.1 Å². The molecule has 0 aliphatic carbocycles. The summed E-state index contributed by atoms with van der Waals surface area (Å²) in [6, 6.07) is 24.9. The summed E-state index contributed by atoms with van der Waals surface area (Å²) < 4.78 is 5.90. The van der Waals surface area contributed by atoms with Crippen LogP contribution in [0.25, 0.3) is 0 Å². The summed E-state index contributed by atoms with van der Waals surface area (Å²) in [6.07, 6.45) is 0. The van der Waals surface area contributed by atoms with Crippen molar-refractivity contribution in [2.24, 2.45) is 5.41 Å². The van der Waals surface area contributed by atoms with Gasteiger partial charge in [0, 0.05) is 23.5 Å². The molecule has 3 aromatic carbocycles. The maximum Gasteiger partial charge on any atom is 0.127 e. The van der Waals surface area contributed by atoms with Gasteiger partial charge in [0.25, 0.3) is 0 Å². The minimum Gasteiger partial charge on any atom is -0.457 e. The summed E-state index contributed by atoms with van der Waals surface area (Å²) in [5.41, 5.74) is 0.197. The maximum absolute atomic E-state index is 12.0. The molecule has 1 N–H and O–H groups in total. The molecule has 144 valence electrons. The maximum atomic E-state index is 12.0. The monoisotopic (exact) mass is 393 g/mol. The van der Waals surface area contributed by atoms with E-state index in [4.69, 9.17) is 16.3 Å². The number of hydrogen-bond acceptors (Lipinski definition) is 3. The first-order chi connectivity index (χ1) is 13.4. The van der Waals surface area contributed by atoms with Gasteiger partial charge in [0.05, 0.1) is 0 Å². The molecule has 0 spiro atoms. The van der Waals surface area contributed by atoms with Gasteiger partial charge in [-0.2, -0.15) is 0 Å². The molecular formula is C24H24ClNO2. The Balaban J connectivity index is 1.71. The molecule has 1 aliphatic rings. The SMILES string of the molecule is CN1CC(C)([C@@](O)(c2ccc(Oc3ccccc3)cc2)c2cccc(Cl)c2)C1. The zero-order valence-corrected chi connectivity index (χ0v) is 16.9. The molecule has 1 fully saturated rings. The molecule has 0 amide bonds. The van der Waals surface area contributed by atoms with E-state index in [0.717, 1.165) is 35.7 Å². The third kappa shape index (κ3) is 3.30. The van der Waals surface area contributed by atoms with E-state index in [1.54, 1.807) is 0 Å². The average Bonchev–Trinajstić information content (AvgIpc) is 2.67. The van der Waals surface area contributed by atoms with Gasteiger partial charge in [0.2, 0.25) is 0 Å². The van der Waals surface area contributed by atoms with E-state index in [2.05, 4.69) is 18.9 Å². The number of aliphatic hydroxyl groups is 1. The highest BCUT2D eigenvalue weighted by Gasteiger charge is 2.55. The van der Waals surface area contributed by atoms with Gasteiger partial charge in [-0.05, 0) is 54.6 Å². The minimum absolute atomic E-state index is 0.311. The second-order valence-corrected chi connectivity index (χ2v) is 8.33. The number of hydrogen-bond donors (Lipinski definition) is 1. The fourth-order valence-corrected chi connectivity index (χ4v) is 4.53. The topological polar surface area (TPSA) is 32.7 Å². The first-order valence-corrected chi connectivity index (χ1v) is 9.79. The Morgan fingerprint density at radius 3 is 2.14 bits per heavy atom. The van der Waals surface area contributed by atoms with E-state index >= 15 is 0 Å². The highest BCUT2D eigenvalue weighted by atomic mass is 35.5. The molecule has 3 aromatic rings. The summed E-state index contributed by atoms with van der Waals surface area (Å²) in [5.74, 6) is 1.52. The molecular weight excluding hydrogens is 370 g/mol. The van der Waals surface area contributed by atoms with Gasteiger partial charge in [-0.15, -0.1) is 0 Å². The standard InChI is InChI=1S/C24H24ClNO2/c1-23(16-26(2)17-23)24(27,19-7-6-8-20(25)15-19)18-11-13-22(14-12-18)28-21-9-4-3-5-10-21/h3-15,27H,16-17H2,1-2H3/t24-/m1/s1. The molecule has 1 heterocycles. The van der Waals surface area contributed by atoms with Gasteiger partial charge in [-0.3, -0.25) is 0 Å². The Kier molecular flexibility index (Phi) is 4.92. The lowest BCUT2D eigenvalue weighted by Crippen LogP contribution is -2.63. The molecule has 0 saturated carbocycles. The number of nitrogens with zero attached hydrogens (tertiary/aromatic N) is 1. The molecule has 0 bridgehead atoms. The number of likely N-dealkylation sites (tertiary alicyclic amines) is 1. The Morgan fingerprint density at radius 1 is 0.893 bits per heavy atom. The number of ether oxygens (including phenoxy) is 1. The predicted molar refractivity (Wildman–Crippen MR) is 113 cm³/mol. The third-order valence-electron chi connectivity index (χ3n) is 5.60. The van der Waals surface area contributed by atoms with Crippen molar-refractivity contribution in [3.63, 3.8) is 0 Å². The molecule has 0 aromatic heterocycles. The minimum atomic E-state index is -1.14. The lowest BCUT2D eigenvalue weighted by molar-refractivity contribution is -0.127. The van der Waals surface area contributed by atoms with Crippen LogP contribution < -0.4 is 4.74 Å². The van der Waals surface area contributed by atoms with Gasteiger partial charge < -0.3 is 14.7 Å². The van der Waals surface area contributed by atoms with Crippen LogP contribution >= 0.6 is 11.6 Å². The fourth-order valence-electron chi connectivity index (χ4n) is 4.34. The highest BCUT2D eigenvalue weighted by molar-refractivity contribution is 6.30. The van der Waals surface area contributed by atoms with Gasteiger partial charge in [-0.25, -0.2) is 0 Å². The summed E-state index contributed by atoms with van der Waals surface area (Å²) >= 11 is 6.25. The highest BCUT2D eigenvalue weighted by Crippen LogP contribution is 2.50. The zero-order chi connectivity index (χ0) is 19.8. The second kappa shape index (κ2) is 7.25. The van der Waals surface area contributed by atoms with Crippen LogP contribution in [0.3, 0.4) is 0 Å². The normalized spacial score (nSPS) is 18.1. The Labute approximate surface area is 171 Å². The van der Waals surface area contributed by atoms with Gasteiger partial charge >= 0.3 is 0 Å². The Hall–Kier alpha value is -2.33. The van der Waals surface area contributed by atoms with E-state index in [9.17, 15) is 5.11 Å². The van der Waals surface area contributed by atoms with Crippen molar-refractivity contribution in [3.8, 4) is 11.5 Å². The third-order valence-corrected chi connectivity index (χ3v) is 5.84. The van der Waals surface area contributed by atoms with Crippen molar-refractivity contribution >= 4 is 11.6 Å². The summed E-state index contributed by atoms with van der Waals surface area (Å²) in [6.45, 7) is 3.73. The molecule has 0 unspecified atom stereocenters. The van der Waals surface area contributed by atoms with Crippen LogP contribution in [0.5, 0.6) is 11.5 Å². The molecule has 1 atom stereocenters. The van der Waals surface area contributed by atoms with E-state index in [0.29, 0.717) is 5.02 Å². The molecule has 0 radical (unpaired) electrons. The van der Waals surface area contributed by atoms with Crippen molar-refractivity contribution in [1.82, 2.24) is 4.90 Å². The van der Waals surface area contributed by atoms with Crippen molar-refractivity contribution in [2.75, 3.05) is 20.1 Å². The Morgan fingerprint density at radius 2 is 1.54 bits per heavy atom. The lowest BCUT2D eigenvalue weighted by Gasteiger charge is -2.56. The second-order valence-electron chi connectivity index (χ2n) is 7.89. The average molecular weight is 394 g/mol. The largest absolute Gasteiger partial charge is 0.457 e. The first kappa shape index (κ1) is 19.0. The van der Waals surface area contributed by atoms with Gasteiger partial charge in [0.15, 0.2) is 0 Å². The zero-order valence-electron chi connectivity index (χ0n) is 16.1. The van der Waals surface area contributed by atoms with Gasteiger partial charge in [-0.1, -0.05) is 61.0 Å². The molecule has 3 nitrogen and oxygen atoms in total. The molecule has 4 rings (SSSR count). The number of benzene rings is 3. The quantitative estimate of drug-likeness (QED) is 0.636. The van der Waals surface area contributed by atoms with Crippen molar-refractivity contribution in [1.29, 1.82) is 0 Å². The van der Waals surface area contributed by atoms with E-state index < -0.39 is 5.60 Å². The first-order valence-electron chi connectivity index (χ1n) is 9.41. The summed E-state index contributed by atoms with van der Waals surface area (Å²) in [5, 5.41) is 12.7. The number of halogens is 1. The van der Waals surface area contributed by atoms with Crippen LogP contribution in [0.4, 0.5) is 0 Å². The van der Waals surface area contributed by atoms with E-state index in [1.807, 2.05) is 78.9 Å². The molecule has 1 aliphatic heterocycles. The molecule has 1 saturated heterocycles. The van der Waals surface area contributed by atoms with Crippen molar-refractivity contribution in [2.45, 2.75) is 12.5 Å². The summed E-state index contributed by atoms with van der Waals surface area (Å²) in [4.78, 5) is 2.21. The van der Waals surface area contributed by atoms with Gasteiger partial charge in [0.1, 0.15) is 17.1 Å². The molecule has 28 heavy (non-hydrogen) atoms. The number of rotatable bonds is 5. The van der Waals surface area contributed by atoms with Crippen LogP contribution in [0, 0.1) is 5.41 Å². The smallest absolute Gasteiger partial charge is 0.127 e. The van der Waals surface area contributed by atoms with Crippen LogP contribution in [0.2, 0.25) is 5.02 Å². The van der Waals surface area contributed by atoms with Crippen LogP contribution in [0.15, 0.2) is 78.9 Å². The van der Waals surface area contributed by atoms with E-state index in [-0.39, 0.29) is 5.41 Å². The van der Waals surface area contributed by atoms with E-state index in [1.165, 1.54) is 0 Å². The van der Waals surface area contributed by atoms with Crippen LogP contribution in [-0.4, -0.2) is 30.1 Å². The summed E-state index contributed by atoms with van der Waals surface area (Å²) in [7, 11) is 2.07. The molecule has 4 heteroatoms. The predicted octanol–water partition coefficient (Wildman–Crippen LogP) is 5.32. The van der Waals surface area contributed by atoms with Crippen molar-refractivity contribution < 1.29 is 9.84 Å². The van der Waals surface area contributed by atoms with Crippen LogP contribution in [-0.2, 0) is 5.60 Å².